The van der Waals surface area contributed by atoms with E-state index >= 15 is 0 Å². The van der Waals surface area contributed by atoms with Gasteiger partial charge in [0.2, 0.25) is 11.0 Å². The van der Waals surface area contributed by atoms with Gasteiger partial charge < -0.3 is 15.8 Å². The van der Waals surface area contributed by atoms with Crippen molar-refractivity contribution in [1.82, 2.24) is 4.98 Å². The van der Waals surface area contributed by atoms with Crippen molar-refractivity contribution in [2.75, 3.05) is 0 Å². The molecule has 1 heterocycles. The molecule has 2 aromatic rings. The first-order valence-corrected chi connectivity index (χ1v) is 5.49. The summed E-state index contributed by atoms with van der Waals surface area (Å²) in [6.45, 7) is 1.87. The Kier molecular flexibility index (Phi) is 2.99. The minimum atomic E-state index is -0.0995. The Morgan fingerprint density at radius 3 is 2.88 bits per heavy atom. The lowest BCUT2D eigenvalue weighted by atomic mass is 10.1. The quantitative estimate of drug-likeness (QED) is 0.548. The maximum Gasteiger partial charge on any atom is 0.218 e. The van der Waals surface area contributed by atoms with Gasteiger partial charge in [-0.05, 0) is 36.8 Å². The second-order valence-electron chi connectivity index (χ2n) is 3.51. The molecule has 2 rings (SSSR count). The molecule has 0 saturated carbocycles. The Hall–Kier alpha value is -1.66. The molecular weight excluding hydrogens is 260 g/mol. The van der Waals surface area contributed by atoms with Crippen molar-refractivity contribution < 1.29 is 5.11 Å². The van der Waals surface area contributed by atoms with E-state index in [4.69, 9.17) is 17.3 Å². The number of aromatic hydroxyl groups is 1. The van der Waals surface area contributed by atoms with Crippen molar-refractivity contribution in [3.8, 4) is 5.88 Å². The van der Waals surface area contributed by atoms with Gasteiger partial charge >= 0.3 is 0 Å². The first-order chi connectivity index (χ1) is 7.99. The highest BCUT2D eigenvalue weighted by molar-refractivity contribution is 7.80. The van der Waals surface area contributed by atoms with Crippen LogP contribution in [-0.4, -0.2) is 15.2 Å². The topological polar surface area (TPSA) is 86.8 Å². The van der Waals surface area contributed by atoms with Crippen molar-refractivity contribution in [2.45, 2.75) is 6.92 Å². The molecule has 88 valence electrons. The van der Waals surface area contributed by atoms with E-state index in [0.29, 0.717) is 10.4 Å². The third kappa shape index (κ3) is 2.22. The Bertz CT molecular complexity index is 635. The first kappa shape index (κ1) is 11.8. The number of aromatic amines is 1. The minimum absolute atomic E-state index is 0.0923. The molecule has 0 aliphatic carbocycles. The molecule has 4 N–H and O–H groups in total. The van der Waals surface area contributed by atoms with Crippen LogP contribution in [0.25, 0.3) is 10.9 Å². The highest BCUT2D eigenvalue weighted by Gasteiger charge is 2.12. The monoisotopic (exact) mass is 268 g/mol. The first-order valence-electron chi connectivity index (χ1n) is 4.71. The number of nitrogens with one attached hydrogen (secondary N) is 1. The molecule has 0 aliphatic rings. The number of hydrogen-bond donors (Lipinski definition) is 3. The molecule has 1 aromatic heterocycles. The molecule has 0 bridgehead atoms. The van der Waals surface area contributed by atoms with Gasteiger partial charge in [-0.1, -0.05) is 11.6 Å². The van der Waals surface area contributed by atoms with Crippen LogP contribution < -0.4 is 5.73 Å². The van der Waals surface area contributed by atoms with E-state index in [0.717, 1.165) is 11.1 Å². The van der Waals surface area contributed by atoms with E-state index in [-0.39, 0.29) is 16.7 Å². The van der Waals surface area contributed by atoms with Gasteiger partial charge in [0, 0.05) is 10.4 Å². The van der Waals surface area contributed by atoms with Gasteiger partial charge in [-0.25, -0.2) is 0 Å². The molecule has 0 saturated heterocycles. The molecule has 5 nitrogen and oxygen atoms in total. The van der Waals surface area contributed by atoms with E-state index < -0.39 is 0 Å². The van der Waals surface area contributed by atoms with Crippen LogP contribution in [0.5, 0.6) is 5.88 Å². The van der Waals surface area contributed by atoms with Crippen molar-refractivity contribution >= 4 is 45.5 Å². The number of aromatic nitrogens is 1. The van der Waals surface area contributed by atoms with Gasteiger partial charge in [0.15, 0.2) is 5.69 Å². The third-order valence-corrected chi connectivity index (χ3v) is 2.57. The van der Waals surface area contributed by atoms with Gasteiger partial charge in [0.05, 0.1) is 5.52 Å². The largest absolute Gasteiger partial charge is 0.493 e. The molecular formula is C10H9ClN4OS. The predicted molar refractivity (Wildman–Crippen MR) is 71.0 cm³/mol. The lowest BCUT2D eigenvalue weighted by Gasteiger charge is -1.97. The van der Waals surface area contributed by atoms with E-state index in [1.165, 1.54) is 0 Å². The number of hydrogen-bond acceptors (Lipinski definition) is 3. The number of fused-ring (bicyclic) bond motifs is 1. The molecule has 7 heteroatoms. The summed E-state index contributed by atoms with van der Waals surface area (Å²) in [5.41, 5.74) is 7.15. The fourth-order valence-corrected chi connectivity index (χ4v) is 1.92. The van der Waals surface area contributed by atoms with E-state index in [2.05, 4.69) is 27.4 Å². The van der Waals surface area contributed by atoms with Crippen molar-refractivity contribution in [3.63, 3.8) is 0 Å². The second kappa shape index (κ2) is 4.31. The summed E-state index contributed by atoms with van der Waals surface area (Å²) in [4.78, 5) is 2.81. The lowest BCUT2D eigenvalue weighted by Crippen LogP contribution is -2.01. The van der Waals surface area contributed by atoms with Gasteiger partial charge in [-0.2, -0.15) is 0 Å². The van der Waals surface area contributed by atoms with Crippen LogP contribution in [0.1, 0.15) is 5.56 Å². The summed E-state index contributed by atoms with van der Waals surface area (Å²) < 4.78 is 0. The predicted octanol–water partition coefficient (Wildman–Crippen LogP) is 3.16. The number of aryl methyl sites for hydroxylation is 1. The molecule has 1 aromatic carbocycles. The Morgan fingerprint density at radius 2 is 2.24 bits per heavy atom. The average molecular weight is 269 g/mol. The zero-order valence-corrected chi connectivity index (χ0v) is 10.4. The van der Waals surface area contributed by atoms with E-state index in [1.54, 1.807) is 12.1 Å². The van der Waals surface area contributed by atoms with Crippen LogP contribution in [-0.2, 0) is 0 Å². The summed E-state index contributed by atoms with van der Waals surface area (Å²) in [5, 5.41) is 18.2. The number of benzene rings is 1. The van der Waals surface area contributed by atoms with Crippen molar-refractivity contribution in [1.29, 1.82) is 0 Å². The summed E-state index contributed by atoms with van der Waals surface area (Å²) >= 11 is 10.5. The Labute approximate surface area is 107 Å². The lowest BCUT2D eigenvalue weighted by molar-refractivity contribution is 0.459. The fourth-order valence-electron chi connectivity index (χ4n) is 1.60. The number of nitrogens with zero attached hydrogens (tertiary/aromatic N) is 2. The van der Waals surface area contributed by atoms with Crippen LogP contribution in [0, 0.1) is 6.92 Å². The van der Waals surface area contributed by atoms with Crippen molar-refractivity contribution in [2.24, 2.45) is 16.0 Å². The zero-order chi connectivity index (χ0) is 12.6. The van der Waals surface area contributed by atoms with Crippen LogP contribution in [0.4, 0.5) is 5.69 Å². The number of H-pyrrole nitrogens is 1. The SMILES string of the molecule is Cc1cc(Cl)cc2c(N=NC(N)=S)c(O)[nH]c12. The maximum absolute atomic E-state index is 9.73. The van der Waals surface area contributed by atoms with Gasteiger partial charge in [-0.3, -0.25) is 0 Å². The number of nitrogens with two attached hydrogens (primary N) is 1. The number of halogens is 1. The van der Waals surface area contributed by atoms with Crippen LogP contribution in [0.3, 0.4) is 0 Å². The van der Waals surface area contributed by atoms with E-state index in [9.17, 15) is 5.11 Å². The average Bonchev–Trinajstić information content (AvgIpc) is 2.52. The molecule has 0 radical (unpaired) electrons. The molecule has 0 spiro atoms. The summed E-state index contributed by atoms with van der Waals surface area (Å²) in [6.07, 6.45) is 0. The fraction of sp³-hybridized carbons (Fsp3) is 0.100. The van der Waals surface area contributed by atoms with Crippen LogP contribution >= 0.6 is 23.8 Å². The molecule has 0 atom stereocenters. The summed E-state index contributed by atoms with van der Waals surface area (Å²) in [5.74, 6) is -0.0923. The van der Waals surface area contributed by atoms with Gasteiger partial charge in [-0.15, -0.1) is 10.2 Å². The Balaban J connectivity index is 2.70. The highest BCUT2D eigenvalue weighted by atomic mass is 35.5. The summed E-state index contributed by atoms with van der Waals surface area (Å²) in [7, 11) is 0. The number of azo groups is 1. The zero-order valence-electron chi connectivity index (χ0n) is 8.86. The normalized spacial score (nSPS) is 11.4. The molecule has 17 heavy (non-hydrogen) atoms. The highest BCUT2D eigenvalue weighted by Crippen LogP contribution is 2.38. The molecule has 0 fully saturated rings. The van der Waals surface area contributed by atoms with Gasteiger partial charge in [0.25, 0.3) is 0 Å². The smallest absolute Gasteiger partial charge is 0.218 e. The van der Waals surface area contributed by atoms with Gasteiger partial charge in [0.1, 0.15) is 0 Å². The van der Waals surface area contributed by atoms with Crippen LogP contribution in [0.15, 0.2) is 22.4 Å². The van der Waals surface area contributed by atoms with E-state index in [1.807, 2.05) is 6.92 Å². The molecule has 0 aliphatic heterocycles. The number of rotatable bonds is 1. The van der Waals surface area contributed by atoms with Crippen molar-refractivity contribution in [3.05, 3.63) is 22.7 Å². The maximum atomic E-state index is 9.73. The van der Waals surface area contributed by atoms with Crippen LogP contribution in [0.2, 0.25) is 5.02 Å². The molecule has 0 unspecified atom stereocenters. The number of thiocarbonyl (C=S) groups is 1. The second-order valence-corrected chi connectivity index (χ2v) is 4.36. The molecule has 0 amide bonds. The third-order valence-electron chi connectivity index (χ3n) is 2.27. The summed E-state index contributed by atoms with van der Waals surface area (Å²) in [6, 6.07) is 3.47. The standard InChI is InChI=1S/C10H9ClN4OS/c1-4-2-5(11)3-6-7(4)13-9(16)8(6)14-15-10(12)17/h2-3,13,16H,1H3,(H2,12,17). The Morgan fingerprint density at radius 1 is 1.53 bits per heavy atom. The minimum Gasteiger partial charge on any atom is -0.493 e.